The lowest BCUT2D eigenvalue weighted by Gasteiger charge is -2.33. The smallest absolute Gasteiger partial charge is 0.311 e. The largest absolute Gasteiger partial charge is 0.481 e. The van der Waals surface area contributed by atoms with E-state index in [0.717, 1.165) is 25.8 Å². The predicted octanol–water partition coefficient (Wildman–Crippen LogP) is 1.14. The maximum atomic E-state index is 11.6. The van der Waals surface area contributed by atoms with Gasteiger partial charge in [0.25, 0.3) is 0 Å². The Kier molecular flexibility index (Phi) is 6.12. The average Bonchev–Trinajstić information content (AvgIpc) is 2.37. The van der Waals surface area contributed by atoms with Gasteiger partial charge in [0.05, 0.1) is 5.41 Å². The van der Waals surface area contributed by atoms with E-state index in [4.69, 9.17) is 0 Å². The van der Waals surface area contributed by atoms with Crippen molar-refractivity contribution in [2.24, 2.45) is 5.41 Å². The molecular formula is C13H24N2O3. The van der Waals surface area contributed by atoms with Gasteiger partial charge in [-0.25, -0.2) is 0 Å². The maximum Gasteiger partial charge on any atom is 0.311 e. The number of hydrogen-bond donors (Lipinski definition) is 3. The minimum absolute atomic E-state index is 0.0675. The number of carbonyl (C=O) groups is 2. The molecule has 18 heavy (non-hydrogen) atoms. The molecule has 0 aromatic rings. The van der Waals surface area contributed by atoms with E-state index in [1.165, 1.54) is 0 Å². The van der Waals surface area contributed by atoms with Gasteiger partial charge in [0, 0.05) is 19.5 Å². The van der Waals surface area contributed by atoms with Crippen molar-refractivity contribution in [3.63, 3.8) is 0 Å². The molecule has 5 heteroatoms. The Morgan fingerprint density at radius 3 is 2.44 bits per heavy atom. The Balaban J connectivity index is 2.38. The van der Waals surface area contributed by atoms with E-state index in [-0.39, 0.29) is 12.5 Å². The number of carbonyl (C=O) groups excluding carboxylic acids is 1. The van der Waals surface area contributed by atoms with Crippen LogP contribution < -0.4 is 10.6 Å². The van der Waals surface area contributed by atoms with E-state index in [1.807, 2.05) is 6.92 Å². The highest BCUT2D eigenvalue weighted by molar-refractivity contribution is 5.79. The summed E-state index contributed by atoms with van der Waals surface area (Å²) in [6.45, 7) is 3.74. The second-order valence-electron chi connectivity index (χ2n) is 5.03. The first kappa shape index (κ1) is 15.0. The van der Waals surface area contributed by atoms with Crippen molar-refractivity contribution in [3.05, 3.63) is 0 Å². The minimum Gasteiger partial charge on any atom is -0.481 e. The summed E-state index contributed by atoms with van der Waals surface area (Å²) in [4.78, 5) is 23.0. The molecule has 0 saturated heterocycles. The molecule has 0 heterocycles. The molecule has 1 aliphatic rings. The lowest BCUT2D eigenvalue weighted by Crippen LogP contribution is -2.44. The van der Waals surface area contributed by atoms with Crippen LogP contribution in [0, 0.1) is 5.41 Å². The Hall–Kier alpha value is -1.10. The number of nitrogens with one attached hydrogen (secondary N) is 2. The van der Waals surface area contributed by atoms with Crippen LogP contribution in [0.3, 0.4) is 0 Å². The van der Waals surface area contributed by atoms with Gasteiger partial charge in [-0.2, -0.15) is 0 Å². The van der Waals surface area contributed by atoms with Gasteiger partial charge in [0.1, 0.15) is 0 Å². The quantitative estimate of drug-likeness (QED) is 0.597. The minimum atomic E-state index is -0.769. The summed E-state index contributed by atoms with van der Waals surface area (Å²) < 4.78 is 0. The van der Waals surface area contributed by atoms with Crippen molar-refractivity contribution in [2.45, 2.75) is 45.4 Å². The van der Waals surface area contributed by atoms with Crippen LogP contribution in [0.25, 0.3) is 0 Å². The lowest BCUT2D eigenvalue weighted by atomic mass is 9.74. The SMILES string of the molecule is CCNCCC(=O)NCC1(C(=O)O)CCCCC1. The molecule has 0 aliphatic heterocycles. The second-order valence-corrected chi connectivity index (χ2v) is 5.03. The van der Waals surface area contributed by atoms with Crippen LogP contribution in [-0.4, -0.2) is 36.6 Å². The summed E-state index contributed by atoms with van der Waals surface area (Å²) in [7, 11) is 0. The van der Waals surface area contributed by atoms with E-state index in [9.17, 15) is 14.7 Å². The molecule has 1 fully saturated rings. The third kappa shape index (κ3) is 4.29. The number of carboxylic acids is 1. The van der Waals surface area contributed by atoms with Gasteiger partial charge in [-0.05, 0) is 19.4 Å². The summed E-state index contributed by atoms with van der Waals surface area (Å²) in [6.07, 6.45) is 4.75. The van der Waals surface area contributed by atoms with Gasteiger partial charge in [-0.3, -0.25) is 9.59 Å². The van der Waals surface area contributed by atoms with Gasteiger partial charge in [-0.15, -0.1) is 0 Å². The zero-order valence-electron chi connectivity index (χ0n) is 11.1. The van der Waals surface area contributed by atoms with Crippen molar-refractivity contribution >= 4 is 11.9 Å². The first-order chi connectivity index (χ1) is 8.60. The molecule has 3 N–H and O–H groups in total. The Morgan fingerprint density at radius 2 is 1.89 bits per heavy atom. The summed E-state index contributed by atoms with van der Waals surface area (Å²) in [5, 5.41) is 15.2. The third-order valence-electron chi connectivity index (χ3n) is 3.67. The van der Waals surface area contributed by atoms with E-state index in [0.29, 0.717) is 25.8 Å². The standard InChI is InChI=1S/C13H24N2O3/c1-2-14-9-6-11(16)15-10-13(12(17)18)7-4-3-5-8-13/h14H,2-10H2,1H3,(H,15,16)(H,17,18). The van der Waals surface area contributed by atoms with Crippen molar-refractivity contribution in [2.75, 3.05) is 19.6 Å². The predicted molar refractivity (Wildman–Crippen MR) is 69.3 cm³/mol. The molecule has 0 radical (unpaired) electrons. The molecule has 0 unspecified atom stereocenters. The number of rotatable bonds is 7. The fourth-order valence-electron chi connectivity index (χ4n) is 2.43. The fourth-order valence-corrected chi connectivity index (χ4v) is 2.43. The summed E-state index contributed by atoms with van der Waals surface area (Å²) >= 11 is 0. The molecule has 0 spiro atoms. The third-order valence-corrected chi connectivity index (χ3v) is 3.67. The maximum absolute atomic E-state index is 11.6. The highest BCUT2D eigenvalue weighted by Crippen LogP contribution is 2.35. The van der Waals surface area contributed by atoms with Crippen LogP contribution >= 0.6 is 0 Å². The van der Waals surface area contributed by atoms with Crippen LogP contribution in [0.5, 0.6) is 0 Å². The molecule has 1 saturated carbocycles. The van der Waals surface area contributed by atoms with Crippen LogP contribution in [0.4, 0.5) is 0 Å². The van der Waals surface area contributed by atoms with E-state index in [1.54, 1.807) is 0 Å². The zero-order valence-corrected chi connectivity index (χ0v) is 11.1. The molecule has 0 aromatic heterocycles. The lowest BCUT2D eigenvalue weighted by molar-refractivity contribution is -0.151. The first-order valence-corrected chi connectivity index (χ1v) is 6.81. The Morgan fingerprint density at radius 1 is 1.22 bits per heavy atom. The van der Waals surface area contributed by atoms with E-state index < -0.39 is 11.4 Å². The number of aliphatic carboxylic acids is 1. The van der Waals surface area contributed by atoms with Gasteiger partial charge in [0.2, 0.25) is 5.91 Å². The summed E-state index contributed by atoms with van der Waals surface area (Å²) in [5.41, 5.74) is -0.730. The summed E-state index contributed by atoms with van der Waals surface area (Å²) in [6, 6.07) is 0. The van der Waals surface area contributed by atoms with Gasteiger partial charge in [0.15, 0.2) is 0 Å². The van der Waals surface area contributed by atoms with Crippen LogP contribution in [-0.2, 0) is 9.59 Å². The Labute approximate surface area is 108 Å². The molecule has 1 amide bonds. The fraction of sp³-hybridized carbons (Fsp3) is 0.846. The van der Waals surface area contributed by atoms with E-state index in [2.05, 4.69) is 10.6 Å². The molecule has 0 aromatic carbocycles. The topological polar surface area (TPSA) is 78.4 Å². The van der Waals surface area contributed by atoms with Gasteiger partial charge < -0.3 is 15.7 Å². The van der Waals surface area contributed by atoms with E-state index >= 15 is 0 Å². The molecular weight excluding hydrogens is 232 g/mol. The monoisotopic (exact) mass is 256 g/mol. The number of carboxylic acid groups (broad SMARTS) is 1. The van der Waals surface area contributed by atoms with Crippen molar-refractivity contribution < 1.29 is 14.7 Å². The van der Waals surface area contributed by atoms with Gasteiger partial charge in [-0.1, -0.05) is 26.2 Å². The zero-order chi connectivity index (χ0) is 13.4. The highest BCUT2D eigenvalue weighted by atomic mass is 16.4. The van der Waals surface area contributed by atoms with Crippen molar-refractivity contribution in [1.82, 2.24) is 10.6 Å². The van der Waals surface area contributed by atoms with Crippen LogP contribution in [0.1, 0.15) is 45.4 Å². The molecule has 0 atom stereocenters. The highest BCUT2D eigenvalue weighted by Gasteiger charge is 2.39. The van der Waals surface area contributed by atoms with Crippen LogP contribution in [0.15, 0.2) is 0 Å². The molecule has 1 rings (SSSR count). The molecule has 0 bridgehead atoms. The molecule has 104 valence electrons. The van der Waals surface area contributed by atoms with Gasteiger partial charge >= 0.3 is 5.97 Å². The number of hydrogen-bond acceptors (Lipinski definition) is 3. The second kappa shape index (κ2) is 7.36. The molecule has 5 nitrogen and oxygen atoms in total. The van der Waals surface area contributed by atoms with Crippen molar-refractivity contribution in [1.29, 1.82) is 0 Å². The Bertz CT molecular complexity index is 286. The van der Waals surface area contributed by atoms with Crippen molar-refractivity contribution in [3.8, 4) is 0 Å². The average molecular weight is 256 g/mol. The first-order valence-electron chi connectivity index (χ1n) is 6.81. The summed E-state index contributed by atoms with van der Waals surface area (Å²) in [5.74, 6) is -0.837. The number of amides is 1. The van der Waals surface area contributed by atoms with Crippen LogP contribution in [0.2, 0.25) is 0 Å². The molecule has 1 aliphatic carbocycles. The normalized spacial score (nSPS) is 18.3.